The Labute approximate surface area is 183 Å². The van der Waals surface area contributed by atoms with E-state index in [4.69, 9.17) is 9.26 Å². The summed E-state index contributed by atoms with van der Waals surface area (Å²) < 4.78 is 39.0. The Morgan fingerprint density at radius 2 is 1.87 bits per heavy atom. The first kappa shape index (κ1) is 22.0. The van der Waals surface area contributed by atoms with Crippen molar-refractivity contribution in [1.29, 1.82) is 0 Å². The van der Waals surface area contributed by atoms with Gasteiger partial charge in [-0.15, -0.1) is 0 Å². The average molecular weight is 448 g/mol. The smallest absolute Gasteiger partial charge is 0.248 e. The van der Waals surface area contributed by atoms with Gasteiger partial charge in [0.25, 0.3) is 0 Å². The highest BCUT2D eigenvalue weighted by atomic mass is 32.2. The van der Waals surface area contributed by atoms with Gasteiger partial charge in [0.1, 0.15) is 16.7 Å². The average Bonchev–Trinajstić information content (AvgIpc) is 3.12. The minimum absolute atomic E-state index is 0.00487. The van der Waals surface area contributed by atoms with Crippen molar-refractivity contribution in [2.24, 2.45) is 5.92 Å². The fourth-order valence-electron chi connectivity index (χ4n) is 4.58. The Morgan fingerprint density at radius 3 is 2.55 bits per heavy atom. The van der Waals surface area contributed by atoms with Crippen LogP contribution in [0, 0.1) is 19.8 Å². The Bertz CT molecular complexity index is 1020. The van der Waals surface area contributed by atoms with Gasteiger partial charge >= 0.3 is 0 Å². The van der Waals surface area contributed by atoms with E-state index < -0.39 is 10.0 Å². The molecule has 1 amide bonds. The number of rotatable bonds is 4. The molecule has 2 aliphatic heterocycles. The van der Waals surface area contributed by atoms with Gasteiger partial charge in [0.15, 0.2) is 5.76 Å². The highest BCUT2D eigenvalue weighted by Gasteiger charge is 2.39. The zero-order valence-corrected chi connectivity index (χ0v) is 19.0. The molecule has 3 heterocycles. The molecule has 0 aliphatic carbocycles. The predicted octanol–water partition coefficient (Wildman–Crippen LogP) is 2.68. The van der Waals surface area contributed by atoms with E-state index in [0.29, 0.717) is 38.2 Å². The second kappa shape index (κ2) is 8.72. The minimum atomic E-state index is -3.76. The van der Waals surface area contributed by atoms with E-state index in [2.05, 4.69) is 5.16 Å². The Kier molecular flexibility index (Phi) is 6.18. The Balaban J connectivity index is 1.50. The molecule has 1 aromatic heterocycles. The number of morpholine rings is 1. The van der Waals surface area contributed by atoms with Gasteiger partial charge in [-0.2, -0.15) is 4.31 Å². The molecule has 8 nitrogen and oxygen atoms in total. The first-order chi connectivity index (χ1) is 14.8. The van der Waals surface area contributed by atoms with Gasteiger partial charge < -0.3 is 14.2 Å². The van der Waals surface area contributed by atoms with E-state index in [9.17, 15) is 13.2 Å². The summed E-state index contributed by atoms with van der Waals surface area (Å²) in [5.41, 5.74) is 1.39. The SMILES string of the molecule is Cc1noc(C)c1S(=O)(=O)N1CCCC(C(=O)N2CC(C)OC(c3ccccc3)C2)C1. The Hall–Kier alpha value is -2.23. The number of aromatic nitrogens is 1. The van der Waals surface area contributed by atoms with Crippen molar-refractivity contribution in [3.05, 3.63) is 47.3 Å². The van der Waals surface area contributed by atoms with Crippen molar-refractivity contribution < 1.29 is 22.5 Å². The Morgan fingerprint density at radius 1 is 1.13 bits per heavy atom. The summed E-state index contributed by atoms with van der Waals surface area (Å²) >= 11 is 0. The van der Waals surface area contributed by atoms with Gasteiger partial charge in [-0.3, -0.25) is 4.79 Å². The fraction of sp³-hybridized carbons (Fsp3) is 0.545. The van der Waals surface area contributed by atoms with Crippen molar-refractivity contribution in [3.8, 4) is 0 Å². The van der Waals surface area contributed by atoms with Crippen LogP contribution in [0.4, 0.5) is 0 Å². The van der Waals surface area contributed by atoms with Crippen LogP contribution in [0.2, 0.25) is 0 Å². The normalized spacial score (nSPS) is 25.5. The maximum Gasteiger partial charge on any atom is 0.248 e. The third-order valence-corrected chi connectivity index (χ3v) is 8.15. The van der Waals surface area contributed by atoms with E-state index in [-0.39, 0.29) is 41.2 Å². The fourth-order valence-corrected chi connectivity index (χ4v) is 6.39. The molecule has 168 valence electrons. The van der Waals surface area contributed by atoms with Crippen LogP contribution in [0.15, 0.2) is 39.8 Å². The zero-order chi connectivity index (χ0) is 22.2. The lowest BCUT2D eigenvalue weighted by Gasteiger charge is -2.40. The number of carbonyl (C=O) groups excluding carboxylic acids is 1. The molecule has 0 bridgehead atoms. The van der Waals surface area contributed by atoms with Crippen molar-refractivity contribution >= 4 is 15.9 Å². The van der Waals surface area contributed by atoms with Gasteiger partial charge in [0.2, 0.25) is 15.9 Å². The lowest BCUT2D eigenvalue weighted by molar-refractivity contribution is -0.150. The van der Waals surface area contributed by atoms with E-state index >= 15 is 0 Å². The van der Waals surface area contributed by atoms with Crippen LogP contribution >= 0.6 is 0 Å². The molecule has 2 aromatic rings. The molecular formula is C22H29N3O5S. The predicted molar refractivity (Wildman–Crippen MR) is 114 cm³/mol. The first-order valence-electron chi connectivity index (χ1n) is 10.7. The van der Waals surface area contributed by atoms with Crippen molar-refractivity contribution in [2.75, 3.05) is 26.2 Å². The number of benzene rings is 1. The molecule has 0 spiro atoms. The quantitative estimate of drug-likeness (QED) is 0.715. The van der Waals surface area contributed by atoms with Gasteiger partial charge in [-0.05, 0) is 39.2 Å². The first-order valence-corrected chi connectivity index (χ1v) is 12.1. The largest absolute Gasteiger partial charge is 0.367 e. The van der Waals surface area contributed by atoms with Crippen LogP contribution in [0.5, 0.6) is 0 Å². The van der Waals surface area contributed by atoms with Gasteiger partial charge in [-0.25, -0.2) is 8.42 Å². The van der Waals surface area contributed by atoms with E-state index in [1.54, 1.807) is 13.8 Å². The van der Waals surface area contributed by atoms with Crippen LogP contribution in [-0.4, -0.2) is 61.0 Å². The van der Waals surface area contributed by atoms with Crippen LogP contribution < -0.4 is 0 Å². The van der Waals surface area contributed by atoms with Crippen LogP contribution in [0.3, 0.4) is 0 Å². The second-order valence-electron chi connectivity index (χ2n) is 8.44. The summed E-state index contributed by atoms with van der Waals surface area (Å²) in [7, 11) is -3.76. The molecule has 0 saturated carbocycles. The number of amides is 1. The summed E-state index contributed by atoms with van der Waals surface area (Å²) in [6, 6.07) is 9.88. The topological polar surface area (TPSA) is 93.0 Å². The van der Waals surface area contributed by atoms with E-state index in [1.165, 1.54) is 4.31 Å². The van der Waals surface area contributed by atoms with E-state index in [0.717, 1.165) is 5.56 Å². The van der Waals surface area contributed by atoms with Gasteiger partial charge in [0, 0.05) is 19.6 Å². The van der Waals surface area contributed by atoms with Crippen molar-refractivity contribution in [1.82, 2.24) is 14.4 Å². The number of nitrogens with zero attached hydrogens (tertiary/aromatic N) is 3. The number of piperidine rings is 1. The van der Waals surface area contributed by atoms with Crippen molar-refractivity contribution in [3.63, 3.8) is 0 Å². The maximum atomic E-state index is 13.4. The lowest BCUT2D eigenvalue weighted by Crippen LogP contribution is -2.51. The molecule has 2 fully saturated rings. The molecule has 3 unspecified atom stereocenters. The molecule has 2 saturated heterocycles. The highest BCUT2D eigenvalue weighted by molar-refractivity contribution is 7.89. The second-order valence-corrected chi connectivity index (χ2v) is 10.3. The molecular weight excluding hydrogens is 418 g/mol. The molecule has 3 atom stereocenters. The molecule has 0 radical (unpaired) electrons. The number of sulfonamides is 1. The van der Waals surface area contributed by atoms with Crippen LogP contribution in [-0.2, 0) is 19.6 Å². The summed E-state index contributed by atoms with van der Waals surface area (Å²) in [5.74, 6) is -0.0980. The zero-order valence-electron chi connectivity index (χ0n) is 18.2. The van der Waals surface area contributed by atoms with Crippen LogP contribution in [0.25, 0.3) is 0 Å². The molecule has 1 aromatic carbocycles. The molecule has 4 rings (SSSR count). The van der Waals surface area contributed by atoms with E-state index in [1.807, 2.05) is 42.2 Å². The molecule has 31 heavy (non-hydrogen) atoms. The number of aryl methyl sites for hydroxylation is 2. The summed E-state index contributed by atoms with van der Waals surface area (Å²) in [6.45, 7) is 6.72. The third-order valence-electron chi connectivity index (χ3n) is 6.04. The maximum absolute atomic E-state index is 13.4. The number of hydrogen-bond donors (Lipinski definition) is 0. The van der Waals surface area contributed by atoms with Gasteiger partial charge in [0.05, 0.1) is 18.6 Å². The number of hydrogen-bond acceptors (Lipinski definition) is 6. The molecule has 9 heteroatoms. The summed E-state index contributed by atoms with van der Waals surface area (Å²) in [5, 5.41) is 3.78. The lowest BCUT2D eigenvalue weighted by atomic mass is 9.97. The van der Waals surface area contributed by atoms with Crippen molar-refractivity contribution in [2.45, 2.75) is 50.7 Å². The number of ether oxygens (including phenoxy) is 1. The minimum Gasteiger partial charge on any atom is -0.367 e. The standard InChI is InChI=1S/C22H29N3O5S/c1-15-12-24(14-20(29-15)18-8-5-4-6-9-18)22(26)19-10-7-11-25(13-19)31(27,28)21-16(2)23-30-17(21)3/h4-6,8-9,15,19-20H,7,10-14H2,1-3H3. The molecule has 0 N–H and O–H groups in total. The number of carbonyl (C=O) groups is 1. The highest BCUT2D eigenvalue weighted by Crippen LogP contribution is 2.31. The summed E-state index contributed by atoms with van der Waals surface area (Å²) in [6.07, 6.45) is 1.04. The monoisotopic (exact) mass is 447 g/mol. The van der Waals surface area contributed by atoms with Gasteiger partial charge in [-0.1, -0.05) is 35.5 Å². The summed E-state index contributed by atoms with van der Waals surface area (Å²) in [4.78, 5) is 15.3. The molecule has 2 aliphatic rings. The van der Waals surface area contributed by atoms with Crippen LogP contribution in [0.1, 0.15) is 42.9 Å². The third kappa shape index (κ3) is 4.40.